The van der Waals surface area contributed by atoms with Gasteiger partial charge in [-0.15, -0.1) is 0 Å². The number of methoxy groups -OCH3 is 1. The Hall–Kier alpha value is -1.16. The van der Waals surface area contributed by atoms with Crippen LogP contribution in [0.1, 0.15) is 13.3 Å². The van der Waals surface area contributed by atoms with Crippen molar-refractivity contribution in [3.05, 3.63) is 0 Å². The van der Waals surface area contributed by atoms with E-state index < -0.39 is 105 Å². The number of carbonyl (C=O) groups excluding carboxylic acids is 1. The molecule has 10 atom stereocenters. The molecule has 0 amide bonds. The number of aliphatic hydroxyl groups is 2. The molecule has 0 spiro atoms. The van der Waals surface area contributed by atoms with Crippen LogP contribution < -0.4 is 9.83 Å². The summed E-state index contributed by atoms with van der Waals surface area (Å²) in [4.78, 5) is 11.7. The Morgan fingerprint density at radius 3 is 1.97 bits per heavy atom. The van der Waals surface area contributed by atoms with E-state index in [4.69, 9.17) is 18.9 Å². The van der Waals surface area contributed by atoms with E-state index in [-0.39, 0.29) is 6.42 Å². The summed E-state index contributed by atoms with van der Waals surface area (Å²) in [7, 11) is -15.3. The second-order valence-electron chi connectivity index (χ2n) is 7.91. The number of nitrogens with one attached hydrogen (secondary N) is 1. The fourth-order valence-corrected chi connectivity index (χ4v) is 5.31. The Labute approximate surface area is 216 Å². The zero-order chi connectivity index (χ0) is 29.2. The average Bonchev–Trinajstić information content (AvgIpc) is 2.75. The van der Waals surface area contributed by atoms with Crippen molar-refractivity contribution in [3.63, 3.8) is 0 Å². The number of aliphatic hydroxyl groups excluding tert-OH is 2. The fourth-order valence-electron chi connectivity index (χ4n) is 3.91. The first-order valence-corrected chi connectivity index (χ1v) is 14.4. The third kappa shape index (κ3) is 8.93. The van der Waals surface area contributed by atoms with Gasteiger partial charge >= 0.3 is 0 Å². The molecule has 2 aliphatic heterocycles. The Morgan fingerprint density at radius 1 is 0.921 bits per heavy atom. The summed E-state index contributed by atoms with van der Waals surface area (Å²) >= 11 is 0. The molecule has 2 fully saturated rings. The lowest BCUT2D eigenvalue weighted by atomic mass is 9.92. The van der Waals surface area contributed by atoms with E-state index in [9.17, 15) is 59.0 Å². The van der Waals surface area contributed by atoms with Crippen LogP contribution in [0.4, 0.5) is 0 Å². The highest BCUT2D eigenvalue weighted by atomic mass is 32.3. The molecule has 20 nitrogen and oxygen atoms in total. The molecule has 0 aliphatic carbocycles. The number of ether oxygens (including phenoxy) is 4. The summed E-state index contributed by atoms with van der Waals surface area (Å²) in [5.41, 5.74) is 0. The van der Waals surface area contributed by atoms with Crippen LogP contribution in [-0.2, 0) is 63.2 Å². The smallest absolute Gasteiger partial charge is 0.218 e. The van der Waals surface area contributed by atoms with Crippen LogP contribution in [0.5, 0.6) is 0 Å². The van der Waals surface area contributed by atoms with Crippen molar-refractivity contribution in [2.75, 3.05) is 13.7 Å². The Bertz CT molecular complexity index is 1140. The minimum absolute atomic E-state index is 0.205. The topological polar surface area (TPSA) is 320 Å². The van der Waals surface area contributed by atoms with E-state index in [1.54, 1.807) is 0 Å². The van der Waals surface area contributed by atoms with E-state index in [0.29, 0.717) is 0 Å². The van der Waals surface area contributed by atoms with Gasteiger partial charge in [0.25, 0.3) is 0 Å². The first kappa shape index (κ1) is 33.0. The van der Waals surface area contributed by atoms with Crippen molar-refractivity contribution in [1.29, 1.82) is 0 Å². The first-order chi connectivity index (χ1) is 17.3. The summed E-state index contributed by atoms with van der Waals surface area (Å²) in [6.45, 7) is 0.182. The Kier molecular flexibility index (Phi) is 10.9. The number of hydrogen-bond donors (Lipinski definition) is 3. The largest absolute Gasteiger partial charge is 0.735 e. The molecule has 0 saturated carbocycles. The SMILES string of the molecule is CC[C@@H]1OC(C(=O)[O-])[C@@H](O[C@H]2OC(COS(=O)(=O)[O-])[C@@H](OC)[C@@H](O)C2NS(=O)(=O)[O-])[C@@H](O)C1OS(=O)(=O)[O-]. The summed E-state index contributed by atoms with van der Waals surface area (Å²) in [6.07, 6.45) is -18.5. The lowest BCUT2D eigenvalue weighted by Crippen LogP contribution is -2.69. The summed E-state index contributed by atoms with van der Waals surface area (Å²) in [5.74, 6) is -2.06. The highest BCUT2D eigenvalue weighted by Gasteiger charge is 2.53. The molecular formula is C15H23NO19S3-4. The number of carboxylic acid groups (broad SMARTS) is 1. The molecule has 38 heavy (non-hydrogen) atoms. The van der Waals surface area contributed by atoms with Crippen molar-refractivity contribution < 1.29 is 86.3 Å². The maximum atomic E-state index is 11.7. The molecule has 0 radical (unpaired) electrons. The molecule has 0 aromatic carbocycles. The van der Waals surface area contributed by atoms with E-state index in [2.05, 4.69) is 8.37 Å². The van der Waals surface area contributed by atoms with Gasteiger partial charge in [-0.1, -0.05) is 6.92 Å². The van der Waals surface area contributed by atoms with Gasteiger partial charge in [-0.3, -0.25) is 8.37 Å². The summed E-state index contributed by atoms with van der Waals surface area (Å²) in [5, 5.41) is 33.0. The van der Waals surface area contributed by atoms with Crippen LogP contribution in [0, 0.1) is 0 Å². The minimum atomic E-state index is -5.51. The van der Waals surface area contributed by atoms with Gasteiger partial charge < -0.3 is 52.7 Å². The van der Waals surface area contributed by atoms with Crippen molar-refractivity contribution in [1.82, 2.24) is 4.72 Å². The number of hydrogen-bond acceptors (Lipinski definition) is 19. The predicted molar refractivity (Wildman–Crippen MR) is 107 cm³/mol. The first-order valence-electron chi connectivity index (χ1n) is 10.3. The number of aliphatic carboxylic acids is 1. The van der Waals surface area contributed by atoms with Crippen molar-refractivity contribution >= 4 is 37.1 Å². The molecule has 0 bridgehead atoms. The zero-order valence-corrected chi connectivity index (χ0v) is 21.7. The zero-order valence-electron chi connectivity index (χ0n) is 19.2. The second kappa shape index (κ2) is 12.6. The minimum Gasteiger partial charge on any atom is -0.735 e. The number of carbonyl (C=O) groups is 1. The third-order valence-corrected chi connectivity index (χ3v) is 6.86. The second-order valence-corrected chi connectivity index (χ2v) is 11.1. The van der Waals surface area contributed by atoms with Crippen molar-refractivity contribution in [3.8, 4) is 0 Å². The molecule has 2 rings (SSSR count). The van der Waals surface area contributed by atoms with E-state index in [1.807, 2.05) is 0 Å². The summed E-state index contributed by atoms with van der Waals surface area (Å²) < 4.78 is 130. The van der Waals surface area contributed by atoms with Gasteiger partial charge in [0.05, 0.1) is 18.7 Å². The van der Waals surface area contributed by atoms with E-state index in [0.717, 1.165) is 7.11 Å². The van der Waals surface area contributed by atoms with Gasteiger partial charge in [0.15, 0.2) is 16.6 Å². The van der Waals surface area contributed by atoms with E-state index >= 15 is 0 Å². The van der Waals surface area contributed by atoms with Gasteiger partial charge in [-0.05, 0) is 6.42 Å². The normalized spacial score (nSPS) is 37.1. The monoisotopic (exact) mass is 617 g/mol. The quantitative estimate of drug-likeness (QED) is 0.135. The molecule has 4 unspecified atom stereocenters. The molecule has 0 aromatic rings. The average molecular weight is 618 g/mol. The molecule has 3 N–H and O–H groups in total. The van der Waals surface area contributed by atoms with Crippen LogP contribution in [0.15, 0.2) is 0 Å². The van der Waals surface area contributed by atoms with Crippen LogP contribution in [0.2, 0.25) is 0 Å². The molecule has 0 aromatic heterocycles. The highest BCUT2D eigenvalue weighted by Crippen LogP contribution is 2.32. The van der Waals surface area contributed by atoms with Crippen LogP contribution in [-0.4, -0.2) is 130 Å². The van der Waals surface area contributed by atoms with Crippen LogP contribution in [0.25, 0.3) is 0 Å². The Morgan fingerprint density at radius 2 is 1.53 bits per heavy atom. The standard InChI is InChI=1S/C15H27NO19S3/c1-3-5-11(35-38(27,28)29)9(18)12(13(32-5)14(19)20)34-15-7(16-36(21,22)23)8(17)10(30-2)6(33-15)4-31-37(24,25)26/h5-13,15-18H,3-4H2,1-2H3,(H,19,20)(H,21,22,23)(H,24,25,26)(H,27,28,29)/p-4/t5-,6?,7?,8-,9-,10+,11?,12-,13?,15+/m0/s1. The van der Waals surface area contributed by atoms with Crippen LogP contribution >= 0.6 is 0 Å². The molecule has 2 aliphatic rings. The molecule has 224 valence electrons. The van der Waals surface area contributed by atoms with Gasteiger partial charge in [-0.25, -0.2) is 30.0 Å². The third-order valence-electron chi connectivity index (χ3n) is 5.42. The molecular weight excluding hydrogens is 594 g/mol. The number of carboxylic acids is 1. The Balaban J connectivity index is 2.49. The number of rotatable bonds is 12. The van der Waals surface area contributed by atoms with Crippen LogP contribution in [0.3, 0.4) is 0 Å². The summed E-state index contributed by atoms with van der Waals surface area (Å²) in [6, 6.07) is -2.15. The van der Waals surface area contributed by atoms with Gasteiger partial charge in [0.1, 0.15) is 48.8 Å². The lowest BCUT2D eigenvalue weighted by molar-refractivity contribution is -0.350. The van der Waals surface area contributed by atoms with E-state index in [1.165, 1.54) is 11.6 Å². The highest BCUT2D eigenvalue weighted by molar-refractivity contribution is 7.83. The fraction of sp³-hybridized carbons (Fsp3) is 0.933. The predicted octanol–water partition coefficient (Wildman–Crippen LogP) is -6.50. The molecule has 2 heterocycles. The maximum Gasteiger partial charge on any atom is 0.218 e. The molecule has 23 heteroatoms. The molecule has 2 saturated heterocycles. The lowest BCUT2D eigenvalue weighted by Gasteiger charge is -2.49. The van der Waals surface area contributed by atoms with Crippen molar-refractivity contribution in [2.24, 2.45) is 0 Å². The van der Waals surface area contributed by atoms with Gasteiger partial charge in [0.2, 0.25) is 20.8 Å². The maximum absolute atomic E-state index is 11.7. The van der Waals surface area contributed by atoms with Crippen molar-refractivity contribution in [2.45, 2.75) is 74.5 Å². The van der Waals surface area contributed by atoms with Gasteiger partial charge in [-0.2, -0.15) is 0 Å². The van der Waals surface area contributed by atoms with Gasteiger partial charge in [0, 0.05) is 7.11 Å².